The Labute approximate surface area is 293 Å². The molecule has 3 heterocycles. The van der Waals surface area contributed by atoms with Crippen molar-refractivity contribution in [2.45, 2.75) is 0 Å². The summed E-state index contributed by atoms with van der Waals surface area (Å²) >= 11 is 0. The molecule has 0 amide bonds. The van der Waals surface area contributed by atoms with Crippen LogP contribution < -0.4 is 0 Å². The number of para-hydroxylation sites is 7. The number of benzene rings is 8. The van der Waals surface area contributed by atoms with Crippen molar-refractivity contribution in [1.82, 2.24) is 9.13 Å². The second-order valence-electron chi connectivity index (χ2n) is 13.3. The molecule has 0 aliphatic carbocycles. The number of aromatic nitrogens is 2. The molecule has 3 nitrogen and oxygen atoms in total. The monoisotopic (exact) mass is 650 g/mol. The van der Waals surface area contributed by atoms with Crippen LogP contribution in [0.2, 0.25) is 0 Å². The van der Waals surface area contributed by atoms with Crippen molar-refractivity contribution in [3.05, 3.63) is 182 Å². The molecule has 0 saturated heterocycles. The van der Waals surface area contributed by atoms with Gasteiger partial charge in [-0.15, -0.1) is 0 Å². The summed E-state index contributed by atoms with van der Waals surface area (Å²) in [5, 5.41) is 7.14. The molecule has 3 aromatic heterocycles. The predicted octanol–water partition coefficient (Wildman–Crippen LogP) is 13.1. The van der Waals surface area contributed by atoms with Crippen LogP contribution in [0.4, 0.5) is 0 Å². The summed E-state index contributed by atoms with van der Waals surface area (Å²) in [4.78, 5) is 0. The zero-order chi connectivity index (χ0) is 33.5. The number of fused-ring (bicyclic) bond motifs is 9. The molecule has 3 heteroatoms. The molecule has 8 aromatic carbocycles. The van der Waals surface area contributed by atoms with Crippen LogP contribution in [0.3, 0.4) is 0 Å². The van der Waals surface area contributed by atoms with Crippen molar-refractivity contribution in [3.63, 3.8) is 0 Å². The highest BCUT2D eigenvalue weighted by atomic mass is 16.3. The van der Waals surface area contributed by atoms with E-state index in [2.05, 4.69) is 185 Å². The Morgan fingerprint density at radius 1 is 0.314 bits per heavy atom. The maximum absolute atomic E-state index is 6.72. The predicted molar refractivity (Wildman–Crippen MR) is 213 cm³/mol. The fraction of sp³-hybridized carbons (Fsp3) is 0. The summed E-state index contributed by atoms with van der Waals surface area (Å²) in [5.74, 6) is 0. The van der Waals surface area contributed by atoms with Gasteiger partial charge in [-0.25, -0.2) is 0 Å². The second kappa shape index (κ2) is 10.8. The van der Waals surface area contributed by atoms with Gasteiger partial charge in [-0.3, -0.25) is 0 Å². The average molecular weight is 651 g/mol. The maximum atomic E-state index is 6.72. The van der Waals surface area contributed by atoms with Crippen molar-refractivity contribution < 1.29 is 4.42 Å². The molecule has 0 bridgehead atoms. The molecule has 0 fully saturated rings. The molecule has 0 saturated carbocycles. The van der Waals surface area contributed by atoms with Gasteiger partial charge in [0.15, 0.2) is 0 Å². The molecule has 0 unspecified atom stereocenters. The Bertz CT molecular complexity index is 3130. The SMILES string of the molecule is c1ccc(-n2c3ccccc3c3cc(-c4cccc5c4oc4ccccc45)c(-c4cccc5c6ccccc6n(-c6ccccc6)c45)cc32)cc1. The summed E-state index contributed by atoms with van der Waals surface area (Å²) in [6.07, 6.45) is 0. The van der Waals surface area contributed by atoms with E-state index < -0.39 is 0 Å². The van der Waals surface area contributed by atoms with Crippen molar-refractivity contribution in [3.8, 4) is 33.6 Å². The maximum Gasteiger partial charge on any atom is 0.143 e. The zero-order valence-electron chi connectivity index (χ0n) is 27.6. The fourth-order valence-corrected chi connectivity index (χ4v) is 8.36. The van der Waals surface area contributed by atoms with E-state index in [9.17, 15) is 0 Å². The summed E-state index contributed by atoms with van der Waals surface area (Å²) in [7, 11) is 0. The van der Waals surface area contributed by atoms with Crippen LogP contribution in [0.25, 0.3) is 99.2 Å². The quantitative estimate of drug-likeness (QED) is 0.186. The Morgan fingerprint density at radius 2 is 0.843 bits per heavy atom. The van der Waals surface area contributed by atoms with Gasteiger partial charge >= 0.3 is 0 Å². The van der Waals surface area contributed by atoms with Crippen LogP contribution in [0.15, 0.2) is 186 Å². The Hall–Kier alpha value is -6.84. The van der Waals surface area contributed by atoms with E-state index in [0.717, 1.165) is 55.5 Å². The normalized spacial score (nSPS) is 11.9. The van der Waals surface area contributed by atoms with E-state index in [-0.39, 0.29) is 0 Å². The van der Waals surface area contributed by atoms with E-state index in [1.807, 2.05) is 6.07 Å². The molecular formula is C48H30N2O. The van der Waals surface area contributed by atoms with Crippen LogP contribution in [-0.4, -0.2) is 9.13 Å². The molecule has 51 heavy (non-hydrogen) atoms. The molecular weight excluding hydrogens is 621 g/mol. The third kappa shape index (κ3) is 4.06. The number of rotatable bonds is 4. The molecule has 0 radical (unpaired) electrons. The molecule has 0 atom stereocenters. The lowest BCUT2D eigenvalue weighted by Crippen LogP contribution is -1.97. The van der Waals surface area contributed by atoms with E-state index in [4.69, 9.17) is 4.42 Å². The van der Waals surface area contributed by atoms with Gasteiger partial charge in [-0.05, 0) is 65.7 Å². The summed E-state index contributed by atoms with van der Waals surface area (Å²) in [5.41, 5.74) is 13.3. The molecule has 0 N–H and O–H groups in total. The lowest BCUT2D eigenvalue weighted by atomic mass is 9.90. The van der Waals surface area contributed by atoms with Crippen molar-refractivity contribution in [2.24, 2.45) is 0 Å². The van der Waals surface area contributed by atoms with Crippen LogP contribution in [0.1, 0.15) is 0 Å². The first kappa shape index (κ1) is 28.0. The van der Waals surface area contributed by atoms with Crippen LogP contribution in [0.5, 0.6) is 0 Å². The number of nitrogens with zero attached hydrogens (tertiary/aromatic N) is 2. The number of hydrogen-bond donors (Lipinski definition) is 0. The highest BCUT2D eigenvalue weighted by Crippen LogP contribution is 2.47. The minimum absolute atomic E-state index is 0.898. The molecule has 0 spiro atoms. The van der Waals surface area contributed by atoms with E-state index in [1.54, 1.807) is 0 Å². The van der Waals surface area contributed by atoms with E-state index in [1.165, 1.54) is 43.7 Å². The fourth-order valence-electron chi connectivity index (χ4n) is 8.36. The van der Waals surface area contributed by atoms with Crippen LogP contribution in [-0.2, 0) is 0 Å². The van der Waals surface area contributed by atoms with Gasteiger partial charge in [0.2, 0.25) is 0 Å². The van der Waals surface area contributed by atoms with Gasteiger partial charge in [-0.1, -0.05) is 127 Å². The standard InChI is InChI=1S/C48H30N2O/c1-3-15-31(16-4-1)49-43-26-10-8-20-34(43)42-29-40(39-25-14-24-38-35-21-9-12-28-46(35)51-48(38)39)41(30-45(42)49)37-23-13-22-36-33-19-7-11-27-44(33)50(47(36)37)32-17-5-2-6-18-32/h1-30H. The molecule has 11 rings (SSSR count). The third-order valence-corrected chi connectivity index (χ3v) is 10.5. The highest BCUT2D eigenvalue weighted by molar-refractivity contribution is 6.19. The van der Waals surface area contributed by atoms with Crippen LogP contribution >= 0.6 is 0 Å². The Balaban J connectivity index is 1.34. The largest absolute Gasteiger partial charge is 0.455 e. The smallest absolute Gasteiger partial charge is 0.143 e. The van der Waals surface area contributed by atoms with Crippen molar-refractivity contribution >= 4 is 65.6 Å². The first-order chi connectivity index (χ1) is 25.3. The van der Waals surface area contributed by atoms with Gasteiger partial charge in [0, 0.05) is 54.8 Å². The molecule has 11 aromatic rings. The second-order valence-corrected chi connectivity index (χ2v) is 13.3. The average Bonchev–Trinajstić information content (AvgIpc) is 3.86. The van der Waals surface area contributed by atoms with E-state index in [0.29, 0.717) is 0 Å². The van der Waals surface area contributed by atoms with Gasteiger partial charge in [0.1, 0.15) is 11.2 Å². The zero-order valence-corrected chi connectivity index (χ0v) is 27.6. The van der Waals surface area contributed by atoms with Gasteiger partial charge in [-0.2, -0.15) is 0 Å². The Morgan fingerprint density at radius 3 is 1.59 bits per heavy atom. The molecule has 0 aliphatic rings. The molecule has 0 aliphatic heterocycles. The minimum atomic E-state index is 0.898. The first-order valence-corrected chi connectivity index (χ1v) is 17.4. The first-order valence-electron chi connectivity index (χ1n) is 17.4. The minimum Gasteiger partial charge on any atom is -0.455 e. The summed E-state index contributed by atoms with van der Waals surface area (Å²) in [6, 6.07) is 65.5. The summed E-state index contributed by atoms with van der Waals surface area (Å²) < 4.78 is 11.6. The van der Waals surface area contributed by atoms with E-state index >= 15 is 0 Å². The van der Waals surface area contributed by atoms with Crippen molar-refractivity contribution in [2.75, 3.05) is 0 Å². The third-order valence-electron chi connectivity index (χ3n) is 10.5. The number of hydrogen-bond acceptors (Lipinski definition) is 1. The van der Waals surface area contributed by atoms with Gasteiger partial charge in [0.05, 0.1) is 22.1 Å². The lowest BCUT2D eigenvalue weighted by molar-refractivity contribution is 0.670. The highest BCUT2D eigenvalue weighted by Gasteiger charge is 2.23. The number of furan rings is 1. The molecule has 238 valence electrons. The summed E-state index contributed by atoms with van der Waals surface area (Å²) in [6.45, 7) is 0. The van der Waals surface area contributed by atoms with Crippen molar-refractivity contribution in [1.29, 1.82) is 0 Å². The topological polar surface area (TPSA) is 23.0 Å². The van der Waals surface area contributed by atoms with Gasteiger partial charge < -0.3 is 13.6 Å². The van der Waals surface area contributed by atoms with Crippen LogP contribution in [0, 0.1) is 0 Å². The Kier molecular flexibility index (Phi) is 5.96. The lowest BCUT2D eigenvalue weighted by Gasteiger charge is -2.17. The van der Waals surface area contributed by atoms with Gasteiger partial charge in [0.25, 0.3) is 0 Å².